The molecule has 1 aromatic carbocycles. The molecular weight excluding hydrogens is 393 g/mol. The number of nitrogens with one attached hydrogen (secondary N) is 1. The van der Waals surface area contributed by atoms with Gasteiger partial charge in [0, 0.05) is 26.4 Å². The Morgan fingerprint density at radius 1 is 1.21 bits per heavy atom. The van der Waals surface area contributed by atoms with Crippen LogP contribution in [0.5, 0.6) is 0 Å². The average molecular weight is 406 g/mol. The fourth-order valence-corrected chi connectivity index (χ4v) is 3.06. The molecule has 0 amide bonds. The van der Waals surface area contributed by atoms with Gasteiger partial charge in [-0.3, -0.25) is 16.3 Å². The minimum Gasteiger partial charge on any atom is -0.271 e. The summed E-state index contributed by atoms with van der Waals surface area (Å²) in [6.45, 7) is 0. The topological polar surface area (TPSA) is 50.9 Å². The molecule has 3 nitrogen and oxygen atoms in total. The van der Waals surface area contributed by atoms with E-state index in [2.05, 4.69) is 42.3 Å². The molecule has 100 valence electrons. The molecule has 1 unspecified atom stereocenters. The van der Waals surface area contributed by atoms with Crippen LogP contribution in [0.3, 0.4) is 0 Å². The summed E-state index contributed by atoms with van der Waals surface area (Å²) in [4.78, 5) is 4.15. The lowest BCUT2D eigenvalue weighted by Gasteiger charge is -2.18. The zero-order chi connectivity index (χ0) is 13.8. The smallest absolute Gasteiger partial charge is 0.0515 e. The highest BCUT2D eigenvalue weighted by Gasteiger charge is 2.14. The highest BCUT2D eigenvalue weighted by atomic mass is 79.9. The second-order valence-electron chi connectivity index (χ2n) is 4.10. The lowest BCUT2D eigenvalue weighted by atomic mass is 10.0. The van der Waals surface area contributed by atoms with E-state index in [-0.39, 0.29) is 6.04 Å². The van der Waals surface area contributed by atoms with Crippen LogP contribution in [0.1, 0.15) is 17.2 Å². The van der Waals surface area contributed by atoms with Crippen LogP contribution in [-0.2, 0) is 6.42 Å². The van der Waals surface area contributed by atoms with Crippen molar-refractivity contribution in [1.82, 2.24) is 10.4 Å². The summed E-state index contributed by atoms with van der Waals surface area (Å²) in [5.74, 6) is 5.65. The van der Waals surface area contributed by atoms with Crippen LogP contribution in [0.4, 0.5) is 0 Å². The summed E-state index contributed by atoms with van der Waals surface area (Å²) in [7, 11) is 0. The highest BCUT2D eigenvalue weighted by Crippen LogP contribution is 2.28. The van der Waals surface area contributed by atoms with Crippen molar-refractivity contribution in [2.45, 2.75) is 12.5 Å². The van der Waals surface area contributed by atoms with E-state index < -0.39 is 0 Å². The molecule has 2 aromatic rings. The highest BCUT2D eigenvalue weighted by molar-refractivity contribution is 9.10. The number of nitrogens with two attached hydrogens (primary N) is 1. The first-order valence-electron chi connectivity index (χ1n) is 5.60. The number of rotatable bonds is 4. The van der Waals surface area contributed by atoms with Gasteiger partial charge >= 0.3 is 0 Å². The standard InChI is InChI=1S/C13H12Br2ClN3/c14-9-1-2-11(12(16)5-9)13(19-17)4-8-3-10(15)7-18-6-8/h1-3,5-7,13,19H,4,17H2. The molecule has 19 heavy (non-hydrogen) atoms. The zero-order valence-corrected chi connectivity index (χ0v) is 13.8. The first kappa shape index (κ1) is 14.9. The van der Waals surface area contributed by atoms with Crippen LogP contribution in [0.15, 0.2) is 45.6 Å². The van der Waals surface area contributed by atoms with Crippen molar-refractivity contribution in [3.8, 4) is 0 Å². The fourth-order valence-electron chi connectivity index (χ4n) is 1.85. The second kappa shape index (κ2) is 6.81. The normalized spacial score (nSPS) is 12.4. The molecule has 0 saturated heterocycles. The largest absolute Gasteiger partial charge is 0.271 e. The van der Waals surface area contributed by atoms with E-state index in [1.807, 2.05) is 30.5 Å². The molecule has 6 heteroatoms. The quantitative estimate of drug-likeness (QED) is 0.597. The van der Waals surface area contributed by atoms with Crippen molar-refractivity contribution in [2.75, 3.05) is 0 Å². The van der Waals surface area contributed by atoms with Gasteiger partial charge in [-0.25, -0.2) is 0 Å². The molecule has 0 fully saturated rings. The summed E-state index contributed by atoms with van der Waals surface area (Å²) in [5.41, 5.74) is 4.85. The Morgan fingerprint density at radius 2 is 2.00 bits per heavy atom. The van der Waals surface area contributed by atoms with Crippen LogP contribution >= 0.6 is 43.5 Å². The van der Waals surface area contributed by atoms with E-state index in [1.165, 1.54) is 0 Å². The van der Waals surface area contributed by atoms with Gasteiger partial charge in [0.2, 0.25) is 0 Å². The molecule has 0 saturated carbocycles. The van der Waals surface area contributed by atoms with Crippen molar-refractivity contribution >= 4 is 43.5 Å². The molecule has 0 aliphatic carbocycles. The van der Waals surface area contributed by atoms with Gasteiger partial charge in [-0.1, -0.05) is 33.6 Å². The third kappa shape index (κ3) is 4.00. The Bertz CT molecular complexity index is 578. The Balaban J connectivity index is 2.25. The number of halogens is 3. The molecule has 0 aliphatic heterocycles. The molecular formula is C13H12Br2ClN3. The molecule has 0 bridgehead atoms. The molecule has 1 atom stereocenters. The van der Waals surface area contributed by atoms with Crippen molar-refractivity contribution in [2.24, 2.45) is 5.84 Å². The van der Waals surface area contributed by atoms with Crippen LogP contribution in [0.25, 0.3) is 0 Å². The van der Waals surface area contributed by atoms with E-state index in [4.69, 9.17) is 17.4 Å². The Kier molecular flexibility index (Phi) is 5.36. The first-order chi connectivity index (χ1) is 9.10. The van der Waals surface area contributed by atoms with E-state index in [0.29, 0.717) is 11.4 Å². The van der Waals surface area contributed by atoms with Crippen LogP contribution in [-0.4, -0.2) is 4.98 Å². The number of hydrazine groups is 1. The van der Waals surface area contributed by atoms with E-state index in [9.17, 15) is 0 Å². The lowest BCUT2D eigenvalue weighted by Crippen LogP contribution is -2.29. The van der Waals surface area contributed by atoms with Gasteiger partial charge in [-0.05, 0) is 51.7 Å². The number of hydrogen-bond acceptors (Lipinski definition) is 3. The van der Waals surface area contributed by atoms with Crippen LogP contribution < -0.4 is 11.3 Å². The third-order valence-electron chi connectivity index (χ3n) is 2.74. The number of aromatic nitrogens is 1. The minimum absolute atomic E-state index is 0.0586. The summed E-state index contributed by atoms with van der Waals surface area (Å²) in [6, 6.07) is 7.73. The maximum Gasteiger partial charge on any atom is 0.0515 e. The van der Waals surface area contributed by atoms with E-state index >= 15 is 0 Å². The van der Waals surface area contributed by atoms with Crippen LogP contribution in [0.2, 0.25) is 5.02 Å². The average Bonchev–Trinajstić information content (AvgIpc) is 2.37. The zero-order valence-electron chi connectivity index (χ0n) is 9.91. The van der Waals surface area contributed by atoms with Crippen molar-refractivity contribution in [3.63, 3.8) is 0 Å². The Hall–Kier alpha value is -0.460. The van der Waals surface area contributed by atoms with Gasteiger partial charge in [0.05, 0.1) is 6.04 Å². The number of benzene rings is 1. The van der Waals surface area contributed by atoms with Crippen molar-refractivity contribution in [1.29, 1.82) is 0 Å². The maximum absolute atomic E-state index is 6.25. The number of hydrogen-bond donors (Lipinski definition) is 2. The first-order valence-corrected chi connectivity index (χ1v) is 7.57. The second-order valence-corrected chi connectivity index (χ2v) is 6.34. The van der Waals surface area contributed by atoms with Crippen molar-refractivity contribution in [3.05, 3.63) is 61.8 Å². The molecule has 0 aliphatic rings. The molecule has 2 rings (SSSR count). The predicted octanol–water partition coefficient (Wildman–Crippen LogP) is 4.01. The SMILES string of the molecule is NNC(Cc1cncc(Br)c1)c1ccc(Br)cc1Cl. The Morgan fingerprint density at radius 3 is 2.63 bits per heavy atom. The molecule has 1 aromatic heterocycles. The summed E-state index contributed by atoms with van der Waals surface area (Å²) >= 11 is 13.0. The fraction of sp³-hybridized carbons (Fsp3) is 0.154. The van der Waals surface area contributed by atoms with Gasteiger partial charge < -0.3 is 0 Å². The minimum atomic E-state index is -0.0586. The number of nitrogens with zero attached hydrogens (tertiary/aromatic N) is 1. The predicted molar refractivity (Wildman–Crippen MR) is 84.9 cm³/mol. The maximum atomic E-state index is 6.25. The monoisotopic (exact) mass is 403 g/mol. The van der Waals surface area contributed by atoms with Gasteiger partial charge in [0.15, 0.2) is 0 Å². The lowest BCUT2D eigenvalue weighted by molar-refractivity contribution is 0.551. The van der Waals surface area contributed by atoms with Gasteiger partial charge in [0.1, 0.15) is 0 Å². The third-order valence-corrected chi connectivity index (χ3v) is 3.99. The van der Waals surface area contributed by atoms with Gasteiger partial charge in [-0.15, -0.1) is 0 Å². The van der Waals surface area contributed by atoms with Crippen LogP contribution in [0, 0.1) is 0 Å². The number of pyridine rings is 1. The molecule has 0 radical (unpaired) electrons. The van der Waals surface area contributed by atoms with E-state index in [0.717, 1.165) is 20.1 Å². The van der Waals surface area contributed by atoms with E-state index in [1.54, 1.807) is 6.20 Å². The summed E-state index contributed by atoms with van der Waals surface area (Å²) in [6.07, 6.45) is 4.28. The molecule has 1 heterocycles. The van der Waals surface area contributed by atoms with Gasteiger partial charge in [-0.2, -0.15) is 0 Å². The van der Waals surface area contributed by atoms with Gasteiger partial charge in [0.25, 0.3) is 0 Å². The molecule has 3 N–H and O–H groups in total. The molecule has 0 spiro atoms. The summed E-state index contributed by atoms with van der Waals surface area (Å²) < 4.78 is 1.89. The van der Waals surface area contributed by atoms with Crippen molar-refractivity contribution < 1.29 is 0 Å². The summed E-state index contributed by atoms with van der Waals surface area (Å²) in [5, 5.41) is 0.681. The Labute approximate surface area is 133 Å².